The van der Waals surface area contributed by atoms with Crippen LogP contribution in [0.1, 0.15) is 49.6 Å². The Bertz CT molecular complexity index is 1130. The quantitative estimate of drug-likeness (QED) is 0.315. The minimum absolute atomic E-state index is 0.0933. The number of benzene rings is 1. The van der Waals surface area contributed by atoms with E-state index in [2.05, 4.69) is 10.1 Å². The van der Waals surface area contributed by atoms with E-state index in [0.29, 0.717) is 22.3 Å². The fourth-order valence-electron chi connectivity index (χ4n) is 3.19. The molecular weight excluding hydrogens is 372 g/mol. The van der Waals surface area contributed by atoms with Crippen molar-refractivity contribution in [2.24, 2.45) is 0 Å². The number of aryl methyl sites for hydroxylation is 2. The van der Waals surface area contributed by atoms with Crippen molar-refractivity contribution in [3.05, 3.63) is 41.6 Å². The molecule has 0 spiro atoms. The maximum Gasteiger partial charge on any atom is 0.333 e. The van der Waals surface area contributed by atoms with Crippen LogP contribution in [-0.4, -0.2) is 37.3 Å². The van der Waals surface area contributed by atoms with Crippen LogP contribution < -0.4 is 4.73 Å². The fraction of sp³-hybridized carbons (Fsp3) is 0.381. The molecule has 8 nitrogen and oxygen atoms in total. The summed E-state index contributed by atoms with van der Waals surface area (Å²) in [6, 6.07) is 3.73. The molecule has 0 amide bonds. The van der Waals surface area contributed by atoms with Crippen LogP contribution in [0.15, 0.2) is 24.5 Å². The van der Waals surface area contributed by atoms with Crippen LogP contribution in [0.5, 0.6) is 0 Å². The van der Waals surface area contributed by atoms with Crippen molar-refractivity contribution in [1.29, 1.82) is 0 Å². The van der Waals surface area contributed by atoms with Crippen molar-refractivity contribution in [2.45, 2.75) is 53.7 Å². The molecule has 29 heavy (non-hydrogen) atoms. The summed E-state index contributed by atoms with van der Waals surface area (Å²) in [6.45, 7) is 10.3. The van der Waals surface area contributed by atoms with Gasteiger partial charge in [0, 0.05) is 19.2 Å². The Hall–Kier alpha value is -3.29. The minimum Gasteiger partial charge on any atom is -0.459 e. The molecule has 1 N–H and O–H groups in total. The molecule has 0 bridgehead atoms. The number of ether oxygens (including phenoxy) is 1. The van der Waals surface area contributed by atoms with Gasteiger partial charge in [0.05, 0.1) is 11.1 Å². The van der Waals surface area contributed by atoms with Gasteiger partial charge in [0.2, 0.25) is 0 Å². The monoisotopic (exact) mass is 397 g/mol. The molecule has 0 unspecified atom stereocenters. The number of carbonyl (C=O) groups excluding carboxylic acids is 2. The van der Waals surface area contributed by atoms with Crippen LogP contribution >= 0.6 is 0 Å². The Labute approximate surface area is 168 Å². The maximum absolute atomic E-state index is 12.3. The van der Waals surface area contributed by atoms with Crippen molar-refractivity contribution in [1.82, 2.24) is 14.8 Å². The third kappa shape index (κ3) is 4.26. The fourth-order valence-corrected chi connectivity index (χ4v) is 3.19. The number of hydrogen-bond acceptors (Lipinski definition) is 6. The second-order valence-corrected chi connectivity index (χ2v) is 8.07. The second-order valence-electron chi connectivity index (χ2n) is 8.07. The minimum atomic E-state index is -0.607. The van der Waals surface area contributed by atoms with Gasteiger partial charge in [-0.15, -0.1) is 0 Å². The number of aromatic nitrogens is 4. The molecule has 3 rings (SSSR count). The molecule has 0 atom stereocenters. The summed E-state index contributed by atoms with van der Waals surface area (Å²) in [7, 11) is 0. The van der Waals surface area contributed by atoms with E-state index in [1.54, 1.807) is 40.1 Å². The lowest BCUT2D eigenvalue weighted by atomic mass is 10.0. The second kappa shape index (κ2) is 7.27. The number of nitrogens with zero attached hydrogens (tertiary/aromatic N) is 4. The first-order valence-electron chi connectivity index (χ1n) is 9.28. The van der Waals surface area contributed by atoms with Gasteiger partial charge in [-0.2, -0.15) is 5.10 Å². The third-order valence-electron chi connectivity index (χ3n) is 4.38. The topological polar surface area (TPSA) is 98.2 Å². The van der Waals surface area contributed by atoms with Gasteiger partial charge in [-0.25, -0.2) is 0 Å². The lowest BCUT2D eigenvalue weighted by Gasteiger charge is -2.19. The summed E-state index contributed by atoms with van der Waals surface area (Å²) in [5, 5.41) is 14.9. The van der Waals surface area contributed by atoms with E-state index >= 15 is 0 Å². The van der Waals surface area contributed by atoms with E-state index in [-0.39, 0.29) is 18.0 Å². The van der Waals surface area contributed by atoms with E-state index < -0.39 is 11.6 Å². The predicted octanol–water partition coefficient (Wildman–Crippen LogP) is 2.78. The Kier molecular flexibility index (Phi) is 5.13. The first-order valence-corrected chi connectivity index (χ1v) is 9.28. The molecule has 0 saturated carbocycles. The molecule has 0 fully saturated rings. The first kappa shape index (κ1) is 20.4. The van der Waals surface area contributed by atoms with Gasteiger partial charge in [0.1, 0.15) is 24.0 Å². The van der Waals surface area contributed by atoms with E-state index in [1.807, 2.05) is 19.1 Å². The average Bonchev–Trinajstić information content (AvgIpc) is 2.94. The van der Waals surface area contributed by atoms with Crippen molar-refractivity contribution in [2.75, 3.05) is 0 Å². The first-order chi connectivity index (χ1) is 13.5. The zero-order valence-electron chi connectivity index (χ0n) is 17.5. The molecule has 1 aromatic carbocycles. The van der Waals surface area contributed by atoms with Crippen molar-refractivity contribution < 1.29 is 24.3 Å². The summed E-state index contributed by atoms with van der Waals surface area (Å²) in [5.41, 5.74) is 2.68. The highest BCUT2D eigenvalue weighted by Gasteiger charge is 2.22. The van der Waals surface area contributed by atoms with E-state index in [0.717, 1.165) is 15.9 Å². The zero-order valence-corrected chi connectivity index (χ0v) is 17.5. The molecular formula is C21H25N4O4+. The number of Topliss-reactive ketones (excluding diaryl/α,β-unsaturated/α-hetero) is 1. The maximum atomic E-state index is 12.3. The molecule has 152 valence electrons. The van der Waals surface area contributed by atoms with Gasteiger partial charge in [-0.3, -0.25) is 14.3 Å². The molecule has 3 aromatic rings. The predicted molar refractivity (Wildman–Crippen MR) is 106 cm³/mol. The summed E-state index contributed by atoms with van der Waals surface area (Å²) < 4.78 is 7.86. The molecule has 8 heteroatoms. The van der Waals surface area contributed by atoms with Gasteiger partial charge in [-0.1, -0.05) is 9.71 Å². The number of hydrogen-bond donors (Lipinski definition) is 1. The highest BCUT2D eigenvalue weighted by Crippen LogP contribution is 2.29. The van der Waals surface area contributed by atoms with Gasteiger partial charge in [-0.05, 0) is 51.0 Å². The normalized spacial score (nSPS) is 11.7. The summed E-state index contributed by atoms with van der Waals surface area (Å²) in [5.74, 6) is -0.167. The highest BCUT2D eigenvalue weighted by molar-refractivity contribution is 6.06. The average molecular weight is 397 g/mol. The van der Waals surface area contributed by atoms with Gasteiger partial charge < -0.3 is 9.94 Å². The van der Waals surface area contributed by atoms with Crippen LogP contribution in [-0.2, 0) is 16.1 Å². The number of ketones is 1. The molecule has 0 aliphatic heterocycles. The Balaban J connectivity index is 2.13. The molecule has 2 heterocycles. The largest absolute Gasteiger partial charge is 0.459 e. The van der Waals surface area contributed by atoms with Gasteiger partial charge in [0.15, 0.2) is 12.0 Å². The smallest absolute Gasteiger partial charge is 0.333 e. The molecule has 0 aliphatic rings. The lowest BCUT2D eigenvalue weighted by Crippen LogP contribution is -2.34. The van der Waals surface area contributed by atoms with Crippen LogP contribution in [0, 0.1) is 13.8 Å². The number of carbonyl (C=O) groups is 2. The molecule has 0 saturated heterocycles. The summed E-state index contributed by atoms with van der Waals surface area (Å²) in [6.07, 6.45) is 3.21. The zero-order chi connectivity index (χ0) is 21.5. The number of fused-ring (bicyclic) bond motifs is 1. The lowest BCUT2D eigenvalue weighted by molar-refractivity contribution is -0.910. The van der Waals surface area contributed by atoms with Gasteiger partial charge in [0.25, 0.3) is 0 Å². The molecule has 2 aromatic heterocycles. The molecule has 0 aliphatic carbocycles. The number of rotatable bonds is 4. The van der Waals surface area contributed by atoms with Crippen LogP contribution in [0.25, 0.3) is 22.0 Å². The standard InChI is InChI=1S/C21H25N4O4/c1-12-7-15(16-9-22-14(3)25(28)10-16)8-17-19(13(2)26)23-24(20(12)17)11-18(27)29-21(4,5)6/h7-10,28H,11H2,1-6H3/q+1. The van der Waals surface area contributed by atoms with Crippen LogP contribution in [0.2, 0.25) is 0 Å². The SMILES string of the molecule is CC(=O)c1nn(CC(=O)OC(C)(C)C)c2c(C)cc(-c3cnc(C)[n+](O)c3)cc12. The Morgan fingerprint density at radius 2 is 1.90 bits per heavy atom. The summed E-state index contributed by atoms with van der Waals surface area (Å²) in [4.78, 5) is 28.7. The van der Waals surface area contributed by atoms with E-state index in [9.17, 15) is 14.8 Å². The Morgan fingerprint density at radius 1 is 1.21 bits per heavy atom. The highest BCUT2D eigenvalue weighted by atomic mass is 16.6. The van der Waals surface area contributed by atoms with Crippen molar-refractivity contribution in [3.8, 4) is 11.1 Å². The molecule has 0 radical (unpaired) electrons. The van der Waals surface area contributed by atoms with Crippen molar-refractivity contribution >= 4 is 22.7 Å². The van der Waals surface area contributed by atoms with Crippen LogP contribution in [0.3, 0.4) is 0 Å². The summed E-state index contributed by atoms with van der Waals surface area (Å²) >= 11 is 0. The van der Waals surface area contributed by atoms with Gasteiger partial charge >= 0.3 is 11.8 Å². The Morgan fingerprint density at radius 3 is 2.48 bits per heavy atom. The van der Waals surface area contributed by atoms with Crippen molar-refractivity contribution in [3.63, 3.8) is 0 Å². The number of esters is 1. The van der Waals surface area contributed by atoms with E-state index in [4.69, 9.17) is 4.74 Å². The van der Waals surface area contributed by atoms with E-state index in [1.165, 1.54) is 11.6 Å². The third-order valence-corrected chi connectivity index (χ3v) is 4.38. The van der Waals surface area contributed by atoms with Crippen LogP contribution in [0.4, 0.5) is 0 Å².